The first-order chi connectivity index (χ1) is 9.56. The zero-order valence-corrected chi connectivity index (χ0v) is 12.6. The van der Waals surface area contributed by atoms with Crippen molar-refractivity contribution in [3.05, 3.63) is 45.4 Å². The minimum absolute atomic E-state index is 0.0405. The third kappa shape index (κ3) is 3.81. The zero-order valence-electron chi connectivity index (χ0n) is 11.8. The van der Waals surface area contributed by atoms with E-state index in [-0.39, 0.29) is 5.91 Å². The van der Waals surface area contributed by atoms with Crippen molar-refractivity contribution < 1.29 is 4.79 Å². The summed E-state index contributed by atoms with van der Waals surface area (Å²) in [5, 5.41) is 3.96. The lowest BCUT2D eigenvalue weighted by Crippen LogP contribution is -2.23. The summed E-state index contributed by atoms with van der Waals surface area (Å²) in [7, 11) is 0. The summed E-state index contributed by atoms with van der Waals surface area (Å²) in [4.78, 5) is 17.3. The minimum Gasteiger partial charge on any atom is -0.399 e. The summed E-state index contributed by atoms with van der Waals surface area (Å²) >= 11 is 1.63. The lowest BCUT2D eigenvalue weighted by Gasteiger charge is -2.06. The van der Waals surface area contributed by atoms with E-state index in [9.17, 15) is 4.79 Å². The van der Waals surface area contributed by atoms with Crippen molar-refractivity contribution >= 4 is 22.9 Å². The molecule has 0 unspecified atom stereocenters. The first-order valence-corrected chi connectivity index (χ1v) is 7.41. The van der Waals surface area contributed by atoms with Crippen molar-refractivity contribution in [2.75, 3.05) is 5.73 Å². The van der Waals surface area contributed by atoms with Crippen molar-refractivity contribution in [3.8, 4) is 0 Å². The van der Waals surface area contributed by atoms with Crippen LogP contribution >= 0.6 is 11.3 Å². The predicted molar refractivity (Wildman–Crippen MR) is 82.6 cm³/mol. The molecule has 0 fully saturated rings. The summed E-state index contributed by atoms with van der Waals surface area (Å²) in [6, 6.07) is 7.65. The molecule has 2 rings (SSSR count). The summed E-state index contributed by atoms with van der Waals surface area (Å²) in [6.07, 6.45) is 1.12. The topological polar surface area (TPSA) is 68.0 Å². The van der Waals surface area contributed by atoms with Gasteiger partial charge in [0.25, 0.3) is 0 Å². The molecule has 4 nitrogen and oxygen atoms in total. The average Bonchev–Trinajstić information content (AvgIpc) is 2.74. The standard InChI is InChI=1S/C15H19N3OS/c1-10-14(20-11(2)18-10)9-17-15(19)8-7-12-5-3-4-6-13(12)16/h3-6H,7-9,16H2,1-2H3,(H,17,19). The van der Waals surface area contributed by atoms with Gasteiger partial charge in [-0.25, -0.2) is 4.98 Å². The van der Waals surface area contributed by atoms with Crippen LogP contribution in [0.15, 0.2) is 24.3 Å². The van der Waals surface area contributed by atoms with Gasteiger partial charge in [-0.05, 0) is 31.9 Å². The van der Waals surface area contributed by atoms with Gasteiger partial charge in [-0.1, -0.05) is 18.2 Å². The lowest BCUT2D eigenvalue weighted by molar-refractivity contribution is -0.121. The second-order valence-electron chi connectivity index (χ2n) is 4.72. The van der Waals surface area contributed by atoms with Crippen LogP contribution in [-0.2, 0) is 17.8 Å². The maximum Gasteiger partial charge on any atom is 0.220 e. The van der Waals surface area contributed by atoms with E-state index in [0.717, 1.165) is 26.8 Å². The Morgan fingerprint density at radius 2 is 2.10 bits per heavy atom. The van der Waals surface area contributed by atoms with Gasteiger partial charge in [0.15, 0.2) is 0 Å². The molecule has 0 aliphatic rings. The van der Waals surface area contributed by atoms with E-state index in [1.54, 1.807) is 11.3 Å². The summed E-state index contributed by atoms with van der Waals surface area (Å²) in [5.74, 6) is 0.0405. The van der Waals surface area contributed by atoms with Gasteiger partial charge in [-0.15, -0.1) is 11.3 Å². The number of nitrogen functional groups attached to an aromatic ring is 1. The molecule has 0 bridgehead atoms. The molecule has 0 radical (unpaired) electrons. The molecule has 1 aromatic heterocycles. The van der Waals surface area contributed by atoms with Crippen LogP contribution in [0.1, 0.15) is 27.6 Å². The fraction of sp³-hybridized carbons (Fsp3) is 0.333. The maximum atomic E-state index is 11.9. The number of nitrogens with zero attached hydrogens (tertiary/aromatic N) is 1. The number of nitrogens with one attached hydrogen (secondary N) is 1. The summed E-state index contributed by atoms with van der Waals surface area (Å²) in [5.41, 5.74) is 8.62. The van der Waals surface area contributed by atoms with E-state index < -0.39 is 0 Å². The summed E-state index contributed by atoms with van der Waals surface area (Å²) in [6.45, 7) is 4.50. The molecular formula is C15H19N3OS. The van der Waals surface area contributed by atoms with Gasteiger partial charge in [-0.2, -0.15) is 0 Å². The molecule has 0 saturated carbocycles. The number of carbonyl (C=O) groups excluding carboxylic acids is 1. The maximum absolute atomic E-state index is 11.9. The van der Waals surface area contributed by atoms with Gasteiger partial charge in [-0.3, -0.25) is 4.79 Å². The summed E-state index contributed by atoms with van der Waals surface area (Å²) < 4.78 is 0. The number of aromatic nitrogens is 1. The van der Waals surface area contributed by atoms with Gasteiger partial charge in [0, 0.05) is 17.0 Å². The molecule has 3 N–H and O–H groups in total. The Morgan fingerprint density at radius 3 is 2.75 bits per heavy atom. The van der Waals surface area contributed by atoms with Crippen molar-refractivity contribution in [2.45, 2.75) is 33.2 Å². The molecule has 0 spiro atoms. The third-order valence-electron chi connectivity index (χ3n) is 3.12. The largest absolute Gasteiger partial charge is 0.399 e. The monoisotopic (exact) mass is 289 g/mol. The number of rotatable bonds is 5. The molecule has 106 valence electrons. The number of hydrogen-bond donors (Lipinski definition) is 2. The van der Waals surface area contributed by atoms with Gasteiger partial charge in [0.1, 0.15) is 0 Å². The highest BCUT2D eigenvalue weighted by atomic mass is 32.1. The highest BCUT2D eigenvalue weighted by Gasteiger charge is 2.08. The Morgan fingerprint density at radius 1 is 1.35 bits per heavy atom. The predicted octanol–water partition coefficient (Wildman–Crippen LogP) is 2.59. The average molecular weight is 289 g/mol. The van der Waals surface area contributed by atoms with Crippen LogP contribution in [0.3, 0.4) is 0 Å². The van der Waals surface area contributed by atoms with E-state index in [4.69, 9.17) is 5.73 Å². The number of hydrogen-bond acceptors (Lipinski definition) is 4. The SMILES string of the molecule is Cc1nc(C)c(CNC(=O)CCc2ccccc2N)s1. The molecule has 2 aromatic rings. The molecule has 1 heterocycles. The quantitative estimate of drug-likeness (QED) is 0.831. The fourth-order valence-corrected chi connectivity index (χ4v) is 2.89. The molecule has 5 heteroatoms. The number of thiazole rings is 1. The van der Waals surface area contributed by atoms with Crippen LogP contribution in [0.5, 0.6) is 0 Å². The van der Waals surface area contributed by atoms with Crippen molar-refractivity contribution in [3.63, 3.8) is 0 Å². The van der Waals surface area contributed by atoms with E-state index >= 15 is 0 Å². The first-order valence-electron chi connectivity index (χ1n) is 6.59. The molecule has 0 aliphatic carbocycles. The van der Waals surface area contributed by atoms with E-state index in [1.807, 2.05) is 38.1 Å². The number of nitrogens with two attached hydrogens (primary N) is 1. The molecule has 0 atom stereocenters. The van der Waals surface area contributed by atoms with E-state index in [1.165, 1.54) is 0 Å². The highest BCUT2D eigenvalue weighted by molar-refractivity contribution is 7.11. The molecule has 20 heavy (non-hydrogen) atoms. The van der Waals surface area contributed by atoms with Crippen molar-refractivity contribution in [1.29, 1.82) is 0 Å². The lowest BCUT2D eigenvalue weighted by atomic mass is 10.1. The van der Waals surface area contributed by atoms with Crippen molar-refractivity contribution in [2.24, 2.45) is 0 Å². The number of aryl methyl sites for hydroxylation is 3. The Kier molecular flexibility index (Phi) is 4.74. The Hall–Kier alpha value is -1.88. The molecule has 0 aliphatic heterocycles. The second kappa shape index (κ2) is 6.52. The normalized spacial score (nSPS) is 10.5. The van der Waals surface area contributed by atoms with Crippen LogP contribution in [-0.4, -0.2) is 10.9 Å². The smallest absolute Gasteiger partial charge is 0.220 e. The van der Waals surface area contributed by atoms with E-state index in [2.05, 4.69) is 10.3 Å². The Balaban J connectivity index is 1.82. The van der Waals surface area contributed by atoms with Gasteiger partial charge in [0.05, 0.1) is 17.2 Å². The van der Waals surface area contributed by atoms with Gasteiger partial charge < -0.3 is 11.1 Å². The number of para-hydroxylation sites is 1. The van der Waals surface area contributed by atoms with Crippen LogP contribution in [0.2, 0.25) is 0 Å². The zero-order chi connectivity index (χ0) is 14.5. The van der Waals surface area contributed by atoms with Crippen LogP contribution in [0, 0.1) is 13.8 Å². The van der Waals surface area contributed by atoms with E-state index in [0.29, 0.717) is 19.4 Å². The van der Waals surface area contributed by atoms with Crippen LogP contribution < -0.4 is 11.1 Å². The highest BCUT2D eigenvalue weighted by Crippen LogP contribution is 2.17. The van der Waals surface area contributed by atoms with Crippen molar-refractivity contribution in [1.82, 2.24) is 10.3 Å². The Labute approximate surface area is 123 Å². The first kappa shape index (κ1) is 14.5. The fourth-order valence-electron chi connectivity index (χ4n) is 2.01. The number of amides is 1. The van der Waals surface area contributed by atoms with Gasteiger partial charge >= 0.3 is 0 Å². The van der Waals surface area contributed by atoms with Gasteiger partial charge in [0.2, 0.25) is 5.91 Å². The van der Waals surface area contributed by atoms with Crippen LogP contribution in [0.4, 0.5) is 5.69 Å². The molecular weight excluding hydrogens is 270 g/mol. The molecule has 1 aromatic carbocycles. The molecule has 0 saturated heterocycles. The van der Waals surface area contributed by atoms with Crippen LogP contribution in [0.25, 0.3) is 0 Å². The second-order valence-corrected chi connectivity index (χ2v) is 6.00. The number of anilines is 1. The number of benzene rings is 1. The Bertz CT molecular complexity index is 607. The minimum atomic E-state index is 0.0405. The number of carbonyl (C=O) groups is 1. The third-order valence-corrected chi connectivity index (χ3v) is 4.20. The molecule has 1 amide bonds.